The van der Waals surface area contributed by atoms with Crippen molar-refractivity contribution in [1.29, 1.82) is 0 Å². The maximum Gasteiger partial charge on any atom is 0.471 e. The van der Waals surface area contributed by atoms with Gasteiger partial charge in [0.05, 0.1) is 12.7 Å². The molecule has 0 bridgehead atoms. The number of nitrogens with zero attached hydrogens (tertiary/aromatic N) is 1. The van der Waals surface area contributed by atoms with Crippen LogP contribution in [0.25, 0.3) is 0 Å². The predicted molar refractivity (Wildman–Crippen MR) is 80.2 cm³/mol. The number of H-pyrrole nitrogens is 1. The molecular formula is C14H18F3N3O6. The number of carbonyl (C=O) groups is 1. The number of rotatable bonds is 6. The minimum absolute atomic E-state index is 0.0156. The number of aliphatic hydroxyl groups is 2. The molecule has 1 aliphatic heterocycles. The second-order valence-corrected chi connectivity index (χ2v) is 5.89. The van der Waals surface area contributed by atoms with Gasteiger partial charge in [-0.25, -0.2) is 4.79 Å². The summed E-state index contributed by atoms with van der Waals surface area (Å²) in [4.78, 5) is 36.1. The highest BCUT2D eigenvalue weighted by molar-refractivity contribution is 5.81. The number of amides is 1. The first-order chi connectivity index (χ1) is 12.1. The van der Waals surface area contributed by atoms with Crippen molar-refractivity contribution in [1.82, 2.24) is 14.9 Å². The number of nitrogens with one attached hydrogen (secondary N) is 2. The van der Waals surface area contributed by atoms with Gasteiger partial charge in [-0.15, -0.1) is 0 Å². The zero-order valence-electron chi connectivity index (χ0n) is 13.5. The van der Waals surface area contributed by atoms with Crippen LogP contribution in [0, 0.1) is 0 Å². The van der Waals surface area contributed by atoms with E-state index in [0.29, 0.717) is 0 Å². The topological polar surface area (TPSA) is 134 Å². The number of aromatic amines is 1. The predicted octanol–water partition coefficient (Wildman–Crippen LogP) is -1.21. The fourth-order valence-electron chi connectivity index (χ4n) is 2.87. The molecule has 0 aromatic carbocycles. The van der Waals surface area contributed by atoms with Gasteiger partial charge >= 0.3 is 17.8 Å². The van der Waals surface area contributed by atoms with Crippen molar-refractivity contribution in [3.63, 3.8) is 0 Å². The van der Waals surface area contributed by atoms with E-state index >= 15 is 0 Å². The van der Waals surface area contributed by atoms with Crippen LogP contribution in [0.5, 0.6) is 0 Å². The van der Waals surface area contributed by atoms with Crippen LogP contribution in [0.4, 0.5) is 13.2 Å². The summed E-state index contributed by atoms with van der Waals surface area (Å²) in [5, 5.41) is 20.9. The van der Waals surface area contributed by atoms with E-state index < -0.39 is 47.9 Å². The van der Waals surface area contributed by atoms with Gasteiger partial charge in [-0.2, -0.15) is 13.2 Å². The molecule has 3 atom stereocenters. The van der Waals surface area contributed by atoms with Gasteiger partial charge in [0.25, 0.3) is 5.56 Å². The summed E-state index contributed by atoms with van der Waals surface area (Å²) < 4.78 is 43.2. The summed E-state index contributed by atoms with van der Waals surface area (Å²) in [7, 11) is 0. The first kappa shape index (κ1) is 20.1. The van der Waals surface area contributed by atoms with Crippen LogP contribution >= 0.6 is 0 Å². The Bertz CT molecular complexity index is 761. The highest BCUT2D eigenvalue weighted by Gasteiger charge is 2.47. The molecule has 1 aromatic heterocycles. The Morgan fingerprint density at radius 1 is 1.46 bits per heavy atom. The SMILES string of the molecule is O=C(NCCC[C@]1(n2ccc(=O)[nH]c2=O)C[C@H](O)[C@@H](CO)O1)C(F)(F)F. The van der Waals surface area contributed by atoms with E-state index in [1.165, 1.54) is 0 Å². The number of carbonyl (C=O) groups excluding carboxylic acids is 1. The highest BCUT2D eigenvalue weighted by atomic mass is 19.4. The van der Waals surface area contributed by atoms with Gasteiger partial charge in [-0.1, -0.05) is 0 Å². The van der Waals surface area contributed by atoms with Crippen LogP contribution in [-0.2, 0) is 15.3 Å². The van der Waals surface area contributed by atoms with Crippen molar-refractivity contribution >= 4 is 5.91 Å². The molecule has 1 aliphatic rings. The van der Waals surface area contributed by atoms with Crippen LogP contribution in [0.15, 0.2) is 21.9 Å². The molecule has 9 nitrogen and oxygen atoms in total. The van der Waals surface area contributed by atoms with Gasteiger partial charge in [0.15, 0.2) is 5.72 Å². The van der Waals surface area contributed by atoms with Crippen LogP contribution in [0.2, 0.25) is 0 Å². The Kier molecular flexibility index (Phi) is 5.88. The number of hydrogen-bond donors (Lipinski definition) is 4. The van der Waals surface area contributed by atoms with Gasteiger partial charge in [-0.05, 0) is 12.8 Å². The average Bonchev–Trinajstić information content (AvgIpc) is 2.87. The zero-order valence-corrected chi connectivity index (χ0v) is 13.5. The van der Waals surface area contributed by atoms with Crippen molar-refractivity contribution in [2.24, 2.45) is 0 Å². The number of halogens is 3. The number of alkyl halides is 3. The molecule has 12 heteroatoms. The van der Waals surface area contributed by atoms with Crippen LogP contribution in [0.3, 0.4) is 0 Å². The molecule has 1 aromatic rings. The Labute approximate surface area is 144 Å². The lowest BCUT2D eigenvalue weighted by atomic mass is 10.0. The van der Waals surface area contributed by atoms with E-state index in [4.69, 9.17) is 4.74 Å². The molecule has 26 heavy (non-hydrogen) atoms. The van der Waals surface area contributed by atoms with Gasteiger partial charge in [0, 0.05) is 25.2 Å². The quantitative estimate of drug-likeness (QED) is 0.457. The molecule has 1 saturated heterocycles. The Balaban J connectivity index is 2.17. The fraction of sp³-hybridized carbons (Fsp3) is 0.643. The van der Waals surface area contributed by atoms with Gasteiger partial charge < -0.3 is 20.3 Å². The highest BCUT2D eigenvalue weighted by Crippen LogP contribution is 2.37. The molecule has 146 valence electrons. The minimum atomic E-state index is -5.00. The summed E-state index contributed by atoms with van der Waals surface area (Å²) in [6.45, 7) is -0.882. The molecule has 0 aliphatic carbocycles. The number of aromatic nitrogens is 2. The van der Waals surface area contributed by atoms with Crippen LogP contribution in [0.1, 0.15) is 19.3 Å². The molecule has 0 saturated carbocycles. The van der Waals surface area contributed by atoms with Crippen LogP contribution < -0.4 is 16.6 Å². The first-order valence-electron chi connectivity index (χ1n) is 7.73. The summed E-state index contributed by atoms with van der Waals surface area (Å²) in [5.74, 6) is -2.09. The maximum atomic E-state index is 12.2. The number of ether oxygens (including phenoxy) is 1. The van der Waals surface area contributed by atoms with E-state index in [0.717, 1.165) is 16.8 Å². The molecule has 0 spiro atoms. The van der Waals surface area contributed by atoms with Crippen molar-refractivity contribution in [2.45, 2.75) is 43.4 Å². The van der Waals surface area contributed by atoms with E-state index in [1.807, 2.05) is 4.98 Å². The lowest BCUT2D eigenvalue weighted by Gasteiger charge is -2.31. The van der Waals surface area contributed by atoms with E-state index in [9.17, 15) is 37.8 Å². The Morgan fingerprint density at radius 2 is 2.15 bits per heavy atom. The molecule has 0 radical (unpaired) electrons. The van der Waals surface area contributed by atoms with Gasteiger partial charge in [-0.3, -0.25) is 19.1 Å². The molecule has 4 N–H and O–H groups in total. The zero-order chi connectivity index (χ0) is 19.5. The largest absolute Gasteiger partial charge is 0.471 e. The molecule has 2 rings (SSSR count). The molecule has 1 amide bonds. The monoisotopic (exact) mass is 381 g/mol. The third-order valence-corrected chi connectivity index (χ3v) is 4.06. The number of hydrogen-bond acceptors (Lipinski definition) is 6. The van der Waals surface area contributed by atoms with Crippen molar-refractivity contribution in [2.75, 3.05) is 13.2 Å². The average molecular weight is 381 g/mol. The molecule has 0 unspecified atom stereocenters. The van der Waals surface area contributed by atoms with Crippen molar-refractivity contribution in [3.05, 3.63) is 33.1 Å². The van der Waals surface area contributed by atoms with Gasteiger partial charge in [0.1, 0.15) is 6.10 Å². The summed E-state index contributed by atoms with van der Waals surface area (Å²) in [6.07, 6.45) is -6.18. The fourth-order valence-corrected chi connectivity index (χ4v) is 2.87. The van der Waals surface area contributed by atoms with Crippen molar-refractivity contribution in [3.8, 4) is 0 Å². The van der Waals surface area contributed by atoms with E-state index in [-0.39, 0.29) is 25.8 Å². The molecule has 1 fully saturated rings. The Morgan fingerprint density at radius 3 is 2.69 bits per heavy atom. The normalized spacial score (nSPS) is 26.0. The smallest absolute Gasteiger partial charge is 0.394 e. The third-order valence-electron chi connectivity index (χ3n) is 4.06. The minimum Gasteiger partial charge on any atom is -0.394 e. The van der Waals surface area contributed by atoms with E-state index in [2.05, 4.69) is 0 Å². The van der Waals surface area contributed by atoms with Crippen molar-refractivity contribution < 1.29 is 32.9 Å². The molecular weight excluding hydrogens is 363 g/mol. The Hall–Kier alpha value is -2.18. The summed E-state index contributed by atoms with van der Waals surface area (Å²) >= 11 is 0. The summed E-state index contributed by atoms with van der Waals surface area (Å²) in [5.41, 5.74) is -2.96. The summed E-state index contributed by atoms with van der Waals surface area (Å²) in [6, 6.07) is 1.05. The molecule has 2 heterocycles. The lowest BCUT2D eigenvalue weighted by molar-refractivity contribution is -0.173. The first-order valence-corrected chi connectivity index (χ1v) is 7.73. The maximum absolute atomic E-state index is 12.2. The van der Waals surface area contributed by atoms with E-state index in [1.54, 1.807) is 5.32 Å². The standard InChI is InChI=1S/C14H18F3N3O6/c15-14(16,17)11(24)18-4-1-3-13(6-8(22)9(7-21)26-13)20-5-2-10(23)19-12(20)25/h2,5,8-9,21-22H,1,3-4,6-7H2,(H,18,24)(H,19,23,25)/t8-,9+,13+/m0/s1. The van der Waals surface area contributed by atoms with Crippen LogP contribution in [-0.4, -0.2) is 57.2 Å². The van der Waals surface area contributed by atoms with Gasteiger partial charge in [0.2, 0.25) is 0 Å². The second-order valence-electron chi connectivity index (χ2n) is 5.89. The number of aliphatic hydroxyl groups excluding tert-OH is 2. The lowest BCUT2D eigenvalue weighted by Crippen LogP contribution is -2.45. The second kappa shape index (κ2) is 7.60. The third kappa shape index (κ3) is 4.31.